The van der Waals surface area contributed by atoms with E-state index in [0.29, 0.717) is 45.8 Å². The Labute approximate surface area is 90.4 Å². The number of nitrogens with one attached hydrogen (secondary N) is 1. The van der Waals surface area contributed by atoms with E-state index in [0.717, 1.165) is 0 Å². The van der Waals surface area contributed by atoms with Crippen LogP contribution in [-0.4, -0.2) is 61.9 Å². The van der Waals surface area contributed by atoms with Crippen LogP contribution in [0.5, 0.6) is 0 Å². The third kappa shape index (κ3) is 4.90. The van der Waals surface area contributed by atoms with Crippen LogP contribution in [0.25, 0.3) is 0 Å². The topological polar surface area (TPSA) is 71.0 Å². The molecule has 1 aliphatic rings. The van der Waals surface area contributed by atoms with Crippen LogP contribution >= 0.6 is 0 Å². The summed E-state index contributed by atoms with van der Waals surface area (Å²) in [5.41, 5.74) is -0.831. The van der Waals surface area contributed by atoms with Crippen molar-refractivity contribution in [1.82, 2.24) is 5.32 Å². The van der Waals surface area contributed by atoms with Crippen LogP contribution in [0.4, 0.5) is 0 Å². The first-order valence-corrected chi connectivity index (χ1v) is 5.34. The van der Waals surface area contributed by atoms with Crippen molar-refractivity contribution in [3.8, 4) is 0 Å². The minimum atomic E-state index is -0.831. The molecule has 0 aromatic carbocycles. The summed E-state index contributed by atoms with van der Waals surface area (Å²) in [6, 6.07) is 0. The second-order valence-corrected chi connectivity index (χ2v) is 4.08. The fraction of sp³-hybridized carbons (Fsp3) is 1.00. The average Bonchev–Trinajstić information content (AvgIpc) is 2.59. The molecule has 0 aromatic heterocycles. The predicted molar refractivity (Wildman–Crippen MR) is 55.8 cm³/mol. The number of methoxy groups -OCH3 is 1. The lowest BCUT2D eigenvalue weighted by Crippen LogP contribution is -2.38. The molecule has 5 heteroatoms. The van der Waals surface area contributed by atoms with E-state index in [1.807, 2.05) is 0 Å². The van der Waals surface area contributed by atoms with Crippen LogP contribution in [0.3, 0.4) is 0 Å². The van der Waals surface area contributed by atoms with Gasteiger partial charge in [-0.15, -0.1) is 0 Å². The molecule has 0 bridgehead atoms. The van der Waals surface area contributed by atoms with Crippen molar-refractivity contribution < 1.29 is 19.7 Å². The SMILES string of the molecule is COCCNCC(O)CC1(O)CCOC1. The number of ether oxygens (including phenoxy) is 2. The van der Waals surface area contributed by atoms with Gasteiger partial charge in [-0.25, -0.2) is 0 Å². The highest BCUT2D eigenvalue weighted by Gasteiger charge is 2.34. The molecule has 0 amide bonds. The summed E-state index contributed by atoms with van der Waals surface area (Å²) in [6.07, 6.45) is 0.448. The van der Waals surface area contributed by atoms with E-state index < -0.39 is 11.7 Å². The van der Waals surface area contributed by atoms with Crippen molar-refractivity contribution in [2.45, 2.75) is 24.5 Å². The molecule has 5 nitrogen and oxygen atoms in total. The zero-order valence-corrected chi connectivity index (χ0v) is 9.24. The molecule has 0 radical (unpaired) electrons. The highest BCUT2D eigenvalue weighted by molar-refractivity contribution is 4.85. The van der Waals surface area contributed by atoms with Crippen LogP contribution in [-0.2, 0) is 9.47 Å². The molecule has 2 unspecified atom stereocenters. The molecular formula is C10H21NO4. The maximum Gasteiger partial charge on any atom is 0.0927 e. The third-order valence-corrected chi connectivity index (χ3v) is 2.56. The van der Waals surface area contributed by atoms with Gasteiger partial charge in [0.2, 0.25) is 0 Å². The number of rotatable bonds is 7. The normalized spacial score (nSPS) is 28.2. The smallest absolute Gasteiger partial charge is 0.0927 e. The van der Waals surface area contributed by atoms with Crippen LogP contribution in [0.15, 0.2) is 0 Å². The molecule has 3 N–H and O–H groups in total. The molecule has 0 aliphatic carbocycles. The van der Waals surface area contributed by atoms with E-state index in [4.69, 9.17) is 9.47 Å². The first-order valence-electron chi connectivity index (χ1n) is 5.34. The lowest BCUT2D eigenvalue weighted by Gasteiger charge is -2.23. The minimum absolute atomic E-state index is 0.335. The van der Waals surface area contributed by atoms with Gasteiger partial charge in [-0.05, 0) is 0 Å². The van der Waals surface area contributed by atoms with Crippen molar-refractivity contribution in [2.75, 3.05) is 40.0 Å². The van der Waals surface area contributed by atoms with Crippen LogP contribution < -0.4 is 5.32 Å². The Morgan fingerprint density at radius 2 is 2.40 bits per heavy atom. The Bertz CT molecular complexity index is 171. The van der Waals surface area contributed by atoms with Gasteiger partial charge < -0.3 is 25.0 Å². The maximum atomic E-state index is 9.93. The summed E-state index contributed by atoms with van der Waals surface area (Å²) in [4.78, 5) is 0. The molecule has 15 heavy (non-hydrogen) atoms. The van der Waals surface area contributed by atoms with Gasteiger partial charge in [0.25, 0.3) is 0 Å². The second-order valence-electron chi connectivity index (χ2n) is 4.08. The molecule has 1 heterocycles. The van der Waals surface area contributed by atoms with E-state index >= 15 is 0 Å². The number of aliphatic hydroxyl groups is 2. The van der Waals surface area contributed by atoms with Crippen molar-refractivity contribution in [2.24, 2.45) is 0 Å². The number of aliphatic hydroxyl groups excluding tert-OH is 1. The Morgan fingerprint density at radius 1 is 1.60 bits per heavy atom. The van der Waals surface area contributed by atoms with Crippen molar-refractivity contribution in [3.63, 3.8) is 0 Å². The molecule has 2 atom stereocenters. The second kappa shape index (κ2) is 6.40. The quantitative estimate of drug-likeness (QED) is 0.485. The van der Waals surface area contributed by atoms with Crippen molar-refractivity contribution in [1.29, 1.82) is 0 Å². The van der Waals surface area contributed by atoms with E-state index in [1.165, 1.54) is 0 Å². The minimum Gasteiger partial charge on any atom is -0.392 e. The number of hydrogen-bond acceptors (Lipinski definition) is 5. The summed E-state index contributed by atoms with van der Waals surface area (Å²) in [5.74, 6) is 0. The summed E-state index contributed by atoms with van der Waals surface area (Å²) in [6.45, 7) is 2.73. The number of hydrogen-bond donors (Lipinski definition) is 3. The lowest BCUT2D eigenvalue weighted by molar-refractivity contribution is -0.0165. The monoisotopic (exact) mass is 219 g/mol. The standard InChI is InChI=1S/C10H21NO4/c1-14-5-3-11-7-9(12)6-10(13)2-4-15-8-10/h9,11-13H,2-8H2,1H3. The van der Waals surface area contributed by atoms with Crippen molar-refractivity contribution >= 4 is 0 Å². The summed E-state index contributed by atoms with van der Waals surface area (Å²) in [7, 11) is 1.64. The Kier molecular flexibility index (Phi) is 5.49. The van der Waals surface area contributed by atoms with Gasteiger partial charge in [0.15, 0.2) is 0 Å². The molecule has 1 aliphatic heterocycles. The first kappa shape index (κ1) is 12.9. The van der Waals surface area contributed by atoms with Gasteiger partial charge in [-0.2, -0.15) is 0 Å². The van der Waals surface area contributed by atoms with Gasteiger partial charge in [0, 0.05) is 39.6 Å². The van der Waals surface area contributed by atoms with Crippen LogP contribution in [0, 0.1) is 0 Å². The lowest BCUT2D eigenvalue weighted by atomic mass is 9.95. The van der Waals surface area contributed by atoms with Crippen molar-refractivity contribution in [3.05, 3.63) is 0 Å². The molecule has 0 spiro atoms. The maximum absolute atomic E-state index is 9.93. The molecule has 90 valence electrons. The molecular weight excluding hydrogens is 198 g/mol. The molecule has 1 rings (SSSR count). The molecule has 0 saturated carbocycles. The summed E-state index contributed by atoms with van der Waals surface area (Å²) >= 11 is 0. The van der Waals surface area contributed by atoms with Gasteiger partial charge >= 0.3 is 0 Å². The Hall–Kier alpha value is -0.200. The van der Waals surface area contributed by atoms with Crippen LogP contribution in [0.2, 0.25) is 0 Å². The van der Waals surface area contributed by atoms with Gasteiger partial charge in [-0.1, -0.05) is 0 Å². The van der Waals surface area contributed by atoms with Crippen LogP contribution in [0.1, 0.15) is 12.8 Å². The zero-order chi connectivity index (χ0) is 11.1. The summed E-state index contributed by atoms with van der Waals surface area (Å²) < 4.78 is 9.97. The summed E-state index contributed by atoms with van der Waals surface area (Å²) in [5, 5.41) is 22.6. The zero-order valence-electron chi connectivity index (χ0n) is 9.24. The van der Waals surface area contributed by atoms with E-state index in [9.17, 15) is 10.2 Å². The third-order valence-electron chi connectivity index (χ3n) is 2.56. The fourth-order valence-corrected chi connectivity index (χ4v) is 1.71. The van der Waals surface area contributed by atoms with E-state index in [2.05, 4.69) is 5.32 Å². The highest BCUT2D eigenvalue weighted by atomic mass is 16.5. The van der Waals surface area contributed by atoms with Gasteiger partial charge in [-0.3, -0.25) is 0 Å². The van der Waals surface area contributed by atoms with E-state index in [1.54, 1.807) is 7.11 Å². The predicted octanol–water partition coefficient (Wildman–Crippen LogP) is -0.875. The highest BCUT2D eigenvalue weighted by Crippen LogP contribution is 2.23. The molecule has 0 aromatic rings. The van der Waals surface area contributed by atoms with E-state index in [-0.39, 0.29) is 0 Å². The van der Waals surface area contributed by atoms with Gasteiger partial charge in [0.05, 0.1) is 24.9 Å². The Morgan fingerprint density at radius 3 is 3.00 bits per heavy atom. The van der Waals surface area contributed by atoms with Gasteiger partial charge in [0.1, 0.15) is 0 Å². The Balaban J connectivity index is 2.09. The largest absolute Gasteiger partial charge is 0.392 e. The molecule has 1 fully saturated rings. The first-order chi connectivity index (χ1) is 7.16. The average molecular weight is 219 g/mol. The molecule has 1 saturated heterocycles. The fourth-order valence-electron chi connectivity index (χ4n) is 1.71.